The van der Waals surface area contributed by atoms with E-state index in [9.17, 15) is 4.21 Å². The van der Waals surface area contributed by atoms with Gasteiger partial charge in [0.05, 0.1) is 20.2 Å². The number of thiazole rings is 1. The molecule has 0 fully saturated rings. The van der Waals surface area contributed by atoms with Gasteiger partial charge in [-0.25, -0.2) is 9.19 Å². The summed E-state index contributed by atoms with van der Waals surface area (Å²) < 4.78 is 17.0. The fourth-order valence-corrected chi connectivity index (χ4v) is 5.41. The largest absolute Gasteiger partial charge is 0.230 e. The summed E-state index contributed by atoms with van der Waals surface area (Å²) in [7, 11) is -1.13. The molecule has 2 heterocycles. The van der Waals surface area contributed by atoms with Gasteiger partial charge in [-0.05, 0) is 30.0 Å². The fraction of sp³-hybridized carbons (Fsp3) is 0.0625. The summed E-state index contributed by atoms with van der Waals surface area (Å²) in [5.74, 6) is 0. The molecule has 1 unspecified atom stereocenters. The Morgan fingerprint density at radius 1 is 1.17 bits per heavy atom. The predicted octanol–water partition coefficient (Wildman–Crippen LogP) is 4.70. The van der Waals surface area contributed by atoms with Crippen LogP contribution in [0.3, 0.4) is 0 Å². The Morgan fingerprint density at radius 2 is 1.96 bits per heavy atom. The normalized spacial score (nSPS) is 14.7. The summed E-state index contributed by atoms with van der Waals surface area (Å²) in [6, 6.07) is 15.6. The third kappa shape index (κ3) is 4.24. The van der Waals surface area contributed by atoms with E-state index in [0.717, 1.165) is 25.4 Å². The minimum atomic E-state index is -1.13. The van der Waals surface area contributed by atoms with Crippen LogP contribution in [-0.4, -0.2) is 20.5 Å². The van der Waals surface area contributed by atoms with Crippen LogP contribution in [0.2, 0.25) is 0 Å². The quantitative estimate of drug-likeness (QED) is 0.281. The molecule has 4 rings (SSSR count). The number of rotatable bonds is 3. The molecule has 3 aromatic rings. The fourth-order valence-electron chi connectivity index (χ4n) is 1.93. The first kappa shape index (κ1) is 17.2. The lowest BCUT2D eigenvalue weighted by molar-refractivity contribution is 0.685. The third-order valence-electron chi connectivity index (χ3n) is 2.97. The van der Waals surface area contributed by atoms with Crippen molar-refractivity contribution in [3.05, 3.63) is 54.1 Å². The van der Waals surface area contributed by atoms with Crippen LogP contribution in [0.1, 0.15) is 5.56 Å². The molecule has 0 N–H and O–H groups in total. The van der Waals surface area contributed by atoms with Gasteiger partial charge in [-0.15, -0.1) is 11.3 Å². The van der Waals surface area contributed by atoms with Gasteiger partial charge in [-0.2, -0.15) is 9.66 Å². The Kier molecular flexibility index (Phi) is 6.04. The van der Waals surface area contributed by atoms with Crippen LogP contribution in [-0.2, 0) is 11.0 Å². The molecule has 1 aliphatic rings. The number of fused-ring (bicyclic) bond motifs is 2. The lowest BCUT2D eigenvalue weighted by Gasteiger charge is -1.90. The van der Waals surface area contributed by atoms with Crippen LogP contribution in [0.15, 0.2) is 62.2 Å². The van der Waals surface area contributed by atoms with E-state index in [1.165, 1.54) is 16.5 Å². The maximum atomic E-state index is 11.0. The maximum Gasteiger partial charge on any atom is 0.173 e. The number of benzene rings is 2. The molecule has 1 aliphatic heterocycles. The number of nitrogens with zero attached hydrogens (tertiary/aromatic N) is 3. The van der Waals surface area contributed by atoms with Crippen molar-refractivity contribution in [2.75, 3.05) is 5.08 Å². The molecule has 0 radical (unpaired) electrons. The smallest absolute Gasteiger partial charge is 0.173 e. The molecule has 0 aliphatic carbocycles. The van der Waals surface area contributed by atoms with E-state index in [1.54, 1.807) is 29.3 Å². The molecule has 1 atom stereocenters. The lowest BCUT2D eigenvalue weighted by atomic mass is 10.2. The van der Waals surface area contributed by atoms with Crippen LogP contribution in [0.5, 0.6) is 0 Å². The average molecular weight is 390 g/mol. The Morgan fingerprint density at radius 3 is 2.75 bits per heavy atom. The van der Waals surface area contributed by atoms with Crippen LogP contribution in [0.4, 0.5) is 0 Å². The number of aromatic nitrogens is 1. The van der Waals surface area contributed by atoms with E-state index in [4.69, 9.17) is 5.26 Å². The Balaban J connectivity index is 0.000000149. The summed E-state index contributed by atoms with van der Waals surface area (Å²) in [6.07, 6.45) is 1.64. The second-order valence-corrected chi connectivity index (χ2v) is 8.99. The Labute approximate surface area is 154 Å². The van der Waals surface area contributed by atoms with Crippen molar-refractivity contribution in [1.29, 1.82) is 5.26 Å². The highest BCUT2D eigenvalue weighted by atomic mass is 32.2. The molecule has 0 amide bonds. The van der Waals surface area contributed by atoms with Crippen molar-refractivity contribution in [1.82, 2.24) is 4.98 Å². The summed E-state index contributed by atoms with van der Waals surface area (Å²) >= 11 is 4.54. The van der Waals surface area contributed by atoms with Gasteiger partial charge in [-0.1, -0.05) is 42.1 Å². The van der Waals surface area contributed by atoms with Gasteiger partial charge < -0.3 is 0 Å². The van der Waals surface area contributed by atoms with Crippen LogP contribution in [0.25, 0.3) is 10.2 Å². The van der Waals surface area contributed by atoms with Gasteiger partial charge in [0.25, 0.3) is 0 Å². The molecule has 24 heavy (non-hydrogen) atoms. The Hall–Kier alpha value is -1.66. The molecule has 0 spiro atoms. The van der Waals surface area contributed by atoms with Gasteiger partial charge in [0.1, 0.15) is 5.40 Å². The minimum absolute atomic E-state index is 0.746. The highest BCUT2D eigenvalue weighted by Gasteiger charge is 2.11. The molecule has 0 bridgehead atoms. The molecule has 120 valence electrons. The molecule has 0 saturated heterocycles. The number of hydrogen-bond acceptors (Lipinski definition) is 6. The highest BCUT2D eigenvalue weighted by Crippen LogP contribution is 2.30. The van der Waals surface area contributed by atoms with Gasteiger partial charge in [0.2, 0.25) is 0 Å². The zero-order chi connectivity index (χ0) is 16.8. The van der Waals surface area contributed by atoms with E-state index >= 15 is 0 Å². The molecule has 8 heteroatoms. The second-order valence-electron chi connectivity index (χ2n) is 4.47. The molecular weight excluding hydrogens is 378 g/mol. The number of nitriles is 1. The summed E-state index contributed by atoms with van der Waals surface area (Å²) in [5, 5.41) is 11.2. The van der Waals surface area contributed by atoms with Crippen molar-refractivity contribution in [2.45, 2.75) is 9.24 Å². The maximum absolute atomic E-state index is 11.0. The van der Waals surface area contributed by atoms with E-state index in [2.05, 4.69) is 15.4 Å². The van der Waals surface area contributed by atoms with Crippen LogP contribution in [0, 0.1) is 10.7 Å². The first-order valence-electron chi connectivity index (χ1n) is 6.82. The van der Waals surface area contributed by atoms with Gasteiger partial charge in [0, 0.05) is 11.8 Å². The van der Waals surface area contributed by atoms with Gasteiger partial charge in [-0.3, -0.25) is 0 Å². The van der Waals surface area contributed by atoms with E-state index < -0.39 is 11.0 Å². The monoisotopic (exact) mass is 389 g/mol. The molecule has 2 aromatic carbocycles. The van der Waals surface area contributed by atoms with Crippen molar-refractivity contribution < 1.29 is 4.21 Å². The topological polar surface area (TPSA) is 66.1 Å². The van der Waals surface area contributed by atoms with Crippen molar-refractivity contribution in [3.8, 4) is 5.40 Å². The number of para-hydroxylation sites is 1. The SMILES string of the molecule is N#CSCSc1nc2ccccc2s1.O=S1N=Cc2ccccc21. The Bertz CT molecular complexity index is 913. The summed E-state index contributed by atoms with van der Waals surface area (Å²) in [4.78, 5) is 5.27. The summed E-state index contributed by atoms with van der Waals surface area (Å²) in [6.45, 7) is 0. The molecule has 0 saturated carbocycles. The molecule has 1 aromatic heterocycles. The van der Waals surface area contributed by atoms with Crippen LogP contribution < -0.4 is 0 Å². The van der Waals surface area contributed by atoms with E-state index in [1.807, 2.05) is 47.9 Å². The minimum Gasteiger partial charge on any atom is -0.230 e. The standard InChI is InChI=1S/C9H6N2S3.C7H5NOS/c10-5-12-6-13-9-11-7-3-1-2-4-8(7)14-9;9-10-7-4-2-1-3-6(7)5-8-10/h1-4H,6H2;1-5H. The number of thioether (sulfide) groups is 2. The van der Waals surface area contributed by atoms with Crippen molar-refractivity contribution in [3.63, 3.8) is 0 Å². The highest BCUT2D eigenvalue weighted by molar-refractivity contribution is 8.18. The predicted molar refractivity (Wildman–Crippen MR) is 104 cm³/mol. The van der Waals surface area contributed by atoms with E-state index in [-0.39, 0.29) is 0 Å². The molecule has 4 nitrogen and oxygen atoms in total. The van der Waals surface area contributed by atoms with Crippen molar-refractivity contribution >= 4 is 62.3 Å². The second kappa shape index (κ2) is 8.44. The first-order valence-corrected chi connectivity index (χ1v) is 10.7. The van der Waals surface area contributed by atoms with Gasteiger partial charge >= 0.3 is 0 Å². The average Bonchev–Trinajstić information content (AvgIpc) is 3.19. The van der Waals surface area contributed by atoms with E-state index in [0.29, 0.717) is 0 Å². The van der Waals surface area contributed by atoms with Crippen molar-refractivity contribution in [2.24, 2.45) is 4.40 Å². The number of hydrogen-bond donors (Lipinski definition) is 0. The summed E-state index contributed by atoms with van der Waals surface area (Å²) in [5.41, 5.74) is 2.02. The van der Waals surface area contributed by atoms with Crippen LogP contribution >= 0.6 is 34.9 Å². The zero-order valence-electron chi connectivity index (χ0n) is 12.3. The molecular formula is C16H11N3OS4. The van der Waals surface area contributed by atoms with Gasteiger partial charge in [0.15, 0.2) is 15.3 Å². The number of thiocyanates is 1. The first-order chi connectivity index (χ1) is 11.8. The third-order valence-corrected chi connectivity index (χ3v) is 6.86. The lowest BCUT2D eigenvalue weighted by Crippen LogP contribution is -1.82. The zero-order valence-corrected chi connectivity index (χ0v) is 15.6.